The summed E-state index contributed by atoms with van der Waals surface area (Å²) < 4.78 is 6.40. The fraction of sp³-hybridized carbons (Fsp3) is 0.100. The predicted octanol–water partition coefficient (Wildman–Crippen LogP) is 5.74. The summed E-state index contributed by atoms with van der Waals surface area (Å²) in [5.74, 6) is 0.475. The van der Waals surface area contributed by atoms with Crippen LogP contribution in [0.1, 0.15) is 17.5 Å². The van der Waals surface area contributed by atoms with Crippen LogP contribution in [0.4, 0.5) is 0 Å². The summed E-state index contributed by atoms with van der Waals surface area (Å²) in [5.41, 5.74) is 3.06. The highest BCUT2D eigenvalue weighted by molar-refractivity contribution is 9.10. The summed E-state index contributed by atoms with van der Waals surface area (Å²) in [6, 6.07) is 15.1. The molecule has 0 spiro atoms. The first kappa shape index (κ1) is 18.2. The minimum absolute atomic E-state index is 0.0780. The van der Waals surface area contributed by atoms with Gasteiger partial charge in [0.25, 0.3) is 0 Å². The minimum atomic E-state index is 0.0780. The Morgan fingerprint density at radius 3 is 2.77 bits per heavy atom. The van der Waals surface area contributed by atoms with Gasteiger partial charge in [-0.25, -0.2) is 4.98 Å². The third-order valence-electron chi connectivity index (χ3n) is 3.59. The average Bonchev–Trinajstić information content (AvgIpc) is 3.13. The van der Waals surface area contributed by atoms with Crippen molar-refractivity contribution in [1.29, 1.82) is 5.26 Å². The van der Waals surface area contributed by atoms with Crippen LogP contribution < -0.4 is 4.74 Å². The van der Waals surface area contributed by atoms with E-state index in [0.29, 0.717) is 22.9 Å². The monoisotopic (exact) mass is 426 g/mol. The maximum atomic E-state index is 9.80. The van der Waals surface area contributed by atoms with Crippen LogP contribution in [0.3, 0.4) is 0 Å². The fourth-order valence-electron chi connectivity index (χ4n) is 2.35. The van der Waals surface area contributed by atoms with E-state index in [0.717, 1.165) is 21.3 Å². The van der Waals surface area contributed by atoms with E-state index < -0.39 is 0 Å². The number of halogens is 1. The molecule has 0 aliphatic rings. The van der Waals surface area contributed by atoms with Gasteiger partial charge in [0.2, 0.25) is 0 Å². The molecule has 0 saturated carbocycles. The zero-order valence-electron chi connectivity index (χ0n) is 13.9. The van der Waals surface area contributed by atoms with E-state index in [1.54, 1.807) is 24.3 Å². The molecule has 1 aromatic heterocycles. The normalized spacial score (nSPS) is 11.2. The second kappa shape index (κ2) is 8.17. The molecule has 0 bridgehead atoms. The van der Waals surface area contributed by atoms with Gasteiger partial charge in [0.1, 0.15) is 11.1 Å². The van der Waals surface area contributed by atoms with Crippen LogP contribution in [0.5, 0.6) is 11.5 Å². The van der Waals surface area contributed by atoms with Gasteiger partial charge in [0.15, 0.2) is 11.5 Å². The third kappa shape index (κ3) is 4.13. The molecule has 3 aromatic rings. The SMILES string of the molecule is CCOc1cc(/C=C(/C#N)c2nc(-c3ccc(Br)cc3)cs2)ccc1O. The van der Waals surface area contributed by atoms with Gasteiger partial charge in [-0.2, -0.15) is 5.26 Å². The first-order valence-electron chi connectivity index (χ1n) is 7.90. The van der Waals surface area contributed by atoms with Crippen molar-refractivity contribution >= 4 is 38.9 Å². The molecule has 1 heterocycles. The molecular weight excluding hydrogens is 412 g/mol. The van der Waals surface area contributed by atoms with E-state index in [-0.39, 0.29) is 5.75 Å². The Kier molecular flexibility index (Phi) is 5.71. The van der Waals surface area contributed by atoms with Crippen molar-refractivity contribution in [1.82, 2.24) is 4.98 Å². The van der Waals surface area contributed by atoms with Crippen LogP contribution in [0.25, 0.3) is 22.9 Å². The molecule has 2 aromatic carbocycles. The van der Waals surface area contributed by atoms with Gasteiger partial charge in [-0.05, 0) is 42.8 Å². The molecule has 0 radical (unpaired) electrons. The zero-order valence-corrected chi connectivity index (χ0v) is 16.3. The standard InChI is InChI=1S/C20H15BrN2O2S/c1-2-25-19-10-13(3-8-18(19)24)9-15(11-22)20-23-17(12-26-20)14-4-6-16(21)7-5-14/h3-10,12,24H,2H2,1H3/b15-9-. The quantitative estimate of drug-likeness (QED) is 0.528. The molecule has 0 atom stereocenters. The smallest absolute Gasteiger partial charge is 0.161 e. The van der Waals surface area contributed by atoms with Crippen molar-refractivity contribution in [3.05, 3.63) is 62.9 Å². The van der Waals surface area contributed by atoms with Crippen LogP contribution in [0.15, 0.2) is 52.3 Å². The van der Waals surface area contributed by atoms with Gasteiger partial charge in [-0.3, -0.25) is 0 Å². The summed E-state index contributed by atoms with van der Waals surface area (Å²) in [5, 5.41) is 21.9. The van der Waals surface area contributed by atoms with Gasteiger partial charge in [-0.15, -0.1) is 11.3 Å². The second-order valence-corrected chi connectivity index (χ2v) is 7.15. The number of phenolic OH excluding ortho intramolecular Hbond substituents is 1. The number of phenols is 1. The third-order valence-corrected chi connectivity index (χ3v) is 4.99. The highest BCUT2D eigenvalue weighted by atomic mass is 79.9. The number of rotatable bonds is 5. The van der Waals surface area contributed by atoms with E-state index in [1.807, 2.05) is 36.6 Å². The summed E-state index contributed by atoms with van der Waals surface area (Å²) in [7, 11) is 0. The van der Waals surface area contributed by atoms with E-state index in [2.05, 4.69) is 27.0 Å². The number of hydrogen-bond acceptors (Lipinski definition) is 5. The molecule has 130 valence electrons. The zero-order chi connectivity index (χ0) is 18.5. The number of aromatic hydroxyl groups is 1. The van der Waals surface area contributed by atoms with Crippen molar-refractivity contribution in [2.45, 2.75) is 6.92 Å². The van der Waals surface area contributed by atoms with Gasteiger partial charge in [0, 0.05) is 15.4 Å². The fourth-order valence-corrected chi connectivity index (χ4v) is 3.41. The Balaban J connectivity index is 1.92. The lowest BCUT2D eigenvalue weighted by Crippen LogP contribution is -1.92. The molecule has 1 N–H and O–H groups in total. The number of benzene rings is 2. The number of hydrogen-bond donors (Lipinski definition) is 1. The largest absolute Gasteiger partial charge is 0.504 e. The van der Waals surface area contributed by atoms with Crippen molar-refractivity contribution in [2.75, 3.05) is 6.61 Å². The minimum Gasteiger partial charge on any atom is -0.504 e. The molecule has 26 heavy (non-hydrogen) atoms. The molecule has 4 nitrogen and oxygen atoms in total. The number of nitriles is 1. The van der Waals surface area contributed by atoms with Crippen molar-refractivity contribution in [3.8, 4) is 28.8 Å². The number of aromatic nitrogens is 1. The highest BCUT2D eigenvalue weighted by Gasteiger charge is 2.10. The molecule has 0 unspecified atom stereocenters. The number of thiazole rings is 1. The lowest BCUT2D eigenvalue weighted by Gasteiger charge is -2.06. The van der Waals surface area contributed by atoms with Crippen LogP contribution in [0, 0.1) is 11.3 Å². The van der Waals surface area contributed by atoms with Crippen molar-refractivity contribution in [3.63, 3.8) is 0 Å². The van der Waals surface area contributed by atoms with Gasteiger partial charge in [-0.1, -0.05) is 34.1 Å². The van der Waals surface area contributed by atoms with Crippen LogP contribution in [-0.4, -0.2) is 16.7 Å². The van der Waals surface area contributed by atoms with Crippen molar-refractivity contribution in [2.24, 2.45) is 0 Å². The Hall–Kier alpha value is -2.62. The molecule has 0 aliphatic heterocycles. The van der Waals surface area contributed by atoms with Crippen LogP contribution in [-0.2, 0) is 0 Å². The first-order valence-corrected chi connectivity index (χ1v) is 9.57. The second-order valence-electron chi connectivity index (χ2n) is 5.37. The Labute approximate surface area is 164 Å². The summed E-state index contributed by atoms with van der Waals surface area (Å²) in [6.45, 7) is 2.30. The summed E-state index contributed by atoms with van der Waals surface area (Å²) >= 11 is 4.84. The van der Waals surface area contributed by atoms with Crippen molar-refractivity contribution < 1.29 is 9.84 Å². The summed E-state index contributed by atoms with van der Waals surface area (Å²) in [6.07, 6.45) is 1.74. The number of ether oxygens (including phenoxy) is 1. The Bertz CT molecular complexity index is 988. The highest BCUT2D eigenvalue weighted by Crippen LogP contribution is 2.31. The molecule has 0 amide bonds. The van der Waals surface area contributed by atoms with Gasteiger partial charge in [0.05, 0.1) is 17.9 Å². The molecule has 0 aliphatic carbocycles. The molecule has 3 rings (SSSR count). The molecule has 0 fully saturated rings. The maximum absolute atomic E-state index is 9.80. The van der Waals surface area contributed by atoms with Crippen LogP contribution in [0.2, 0.25) is 0 Å². The first-order chi connectivity index (χ1) is 12.6. The lowest BCUT2D eigenvalue weighted by molar-refractivity contribution is 0.318. The lowest BCUT2D eigenvalue weighted by atomic mass is 10.1. The number of nitrogens with zero attached hydrogens (tertiary/aromatic N) is 2. The Morgan fingerprint density at radius 1 is 1.31 bits per heavy atom. The predicted molar refractivity (Wildman–Crippen MR) is 108 cm³/mol. The van der Waals surface area contributed by atoms with E-state index in [9.17, 15) is 10.4 Å². The molecule has 0 saturated heterocycles. The maximum Gasteiger partial charge on any atom is 0.161 e. The van der Waals surface area contributed by atoms with E-state index >= 15 is 0 Å². The van der Waals surface area contributed by atoms with Gasteiger partial charge < -0.3 is 9.84 Å². The molecular formula is C20H15BrN2O2S. The summed E-state index contributed by atoms with van der Waals surface area (Å²) in [4.78, 5) is 4.59. The Morgan fingerprint density at radius 2 is 2.08 bits per heavy atom. The number of allylic oxidation sites excluding steroid dienone is 1. The van der Waals surface area contributed by atoms with Crippen LogP contribution >= 0.6 is 27.3 Å². The molecule has 6 heteroatoms. The van der Waals surface area contributed by atoms with Gasteiger partial charge >= 0.3 is 0 Å². The average molecular weight is 427 g/mol. The topological polar surface area (TPSA) is 66.1 Å². The van der Waals surface area contributed by atoms with E-state index in [4.69, 9.17) is 4.74 Å². The van der Waals surface area contributed by atoms with E-state index in [1.165, 1.54) is 11.3 Å².